The van der Waals surface area contributed by atoms with Gasteiger partial charge in [0.2, 0.25) is 5.95 Å². The summed E-state index contributed by atoms with van der Waals surface area (Å²) < 4.78 is 14.8. The van der Waals surface area contributed by atoms with Gasteiger partial charge in [0.25, 0.3) is 0 Å². The van der Waals surface area contributed by atoms with Crippen LogP contribution in [0.25, 0.3) is 11.0 Å². The third kappa shape index (κ3) is 1.66. The largest absolute Gasteiger partial charge is 0.395 e. The fourth-order valence-corrected chi connectivity index (χ4v) is 1.62. The Morgan fingerprint density at radius 2 is 2.33 bits per heavy atom. The number of nitrogens with one attached hydrogen (secondary N) is 1. The molecule has 1 aromatic heterocycles. The third-order valence-corrected chi connectivity index (χ3v) is 2.26. The molecule has 2 N–H and O–H groups in total. The van der Waals surface area contributed by atoms with E-state index in [-0.39, 0.29) is 12.4 Å². The van der Waals surface area contributed by atoms with Crippen molar-refractivity contribution < 1.29 is 9.50 Å². The van der Waals surface area contributed by atoms with Gasteiger partial charge in [0, 0.05) is 19.7 Å². The van der Waals surface area contributed by atoms with Crippen molar-refractivity contribution in [2.45, 2.75) is 6.54 Å². The predicted molar refractivity (Wildman–Crippen MR) is 56.3 cm³/mol. The smallest absolute Gasteiger partial charge is 0.203 e. The van der Waals surface area contributed by atoms with Crippen LogP contribution in [0.1, 0.15) is 0 Å². The van der Waals surface area contributed by atoms with Crippen molar-refractivity contribution in [3.63, 3.8) is 0 Å². The average molecular weight is 209 g/mol. The Kier molecular flexibility index (Phi) is 2.55. The normalized spacial score (nSPS) is 10.9. The van der Waals surface area contributed by atoms with Gasteiger partial charge < -0.3 is 15.0 Å². The molecule has 0 saturated carbocycles. The highest BCUT2D eigenvalue weighted by molar-refractivity contribution is 5.78. The van der Waals surface area contributed by atoms with Crippen molar-refractivity contribution in [2.24, 2.45) is 0 Å². The number of halogens is 1. The Morgan fingerprint density at radius 1 is 1.53 bits per heavy atom. The van der Waals surface area contributed by atoms with Gasteiger partial charge in [-0.3, -0.25) is 0 Å². The second-order valence-corrected chi connectivity index (χ2v) is 3.19. The minimum atomic E-state index is -0.307. The van der Waals surface area contributed by atoms with Gasteiger partial charge in [0.1, 0.15) is 5.82 Å². The van der Waals surface area contributed by atoms with Gasteiger partial charge in [-0.15, -0.1) is 0 Å². The average Bonchev–Trinajstić information content (AvgIpc) is 2.56. The molecule has 0 atom stereocenters. The zero-order valence-corrected chi connectivity index (χ0v) is 8.37. The minimum Gasteiger partial charge on any atom is -0.395 e. The van der Waals surface area contributed by atoms with E-state index in [4.69, 9.17) is 5.11 Å². The van der Waals surface area contributed by atoms with Gasteiger partial charge in [0.15, 0.2) is 0 Å². The molecule has 1 aromatic carbocycles. The first kappa shape index (κ1) is 9.92. The number of aromatic nitrogens is 2. The van der Waals surface area contributed by atoms with Crippen molar-refractivity contribution >= 4 is 17.0 Å². The number of imidazole rings is 1. The number of hydrogen-bond acceptors (Lipinski definition) is 3. The molecule has 80 valence electrons. The highest BCUT2D eigenvalue weighted by Crippen LogP contribution is 2.19. The lowest BCUT2D eigenvalue weighted by atomic mass is 10.3. The number of aliphatic hydroxyl groups excluding tert-OH is 1. The van der Waals surface area contributed by atoms with E-state index in [1.165, 1.54) is 12.1 Å². The van der Waals surface area contributed by atoms with Crippen molar-refractivity contribution in [1.82, 2.24) is 9.55 Å². The fraction of sp³-hybridized carbons (Fsp3) is 0.300. The maximum absolute atomic E-state index is 12.9. The molecular weight excluding hydrogens is 197 g/mol. The standard InChI is InChI=1S/C10H12FN3O/c1-12-10-13-8-6-7(11)2-3-9(8)14(10)4-5-15/h2-3,6,15H,4-5H2,1H3,(H,12,13). The van der Waals surface area contributed by atoms with Crippen LogP contribution >= 0.6 is 0 Å². The molecule has 4 nitrogen and oxygen atoms in total. The van der Waals surface area contributed by atoms with Crippen LogP contribution < -0.4 is 5.32 Å². The summed E-state index contributed by atoms with van der Waals surface area (Å²) in [4.78, 5) is 4.21. The molecule has 0 unspecified atom stereocenters. The van der Waals surface area contributed by atoms with Gasteiger partial charge >= 0.3 is 0 Å². The van der Waals surface area contributed by atoms with Crippen LogP contribution in [-0.4, -0.2) is 28.3 Å². The molecule has 15 heavy (non-hydrogen) atoms. The Bertz CT molecular complexity index is 481. The highest BCUT2D eigenvalue weighted by atomic mass is 19.1. The first-order valence-electron chi connectivity index (χ1n) is 4.70. The second-order valence-electron chi connectivity index (χ2n) is 3.19. The van der Waals surface area contributed by atoms with E-state index in [0.29, 0.717) is 18.0 Å². The number of hydrogen-bond donors (Lipinski definition) is 2. The van der Waals surface area contributed by atoms with E-state index in [1.807, 2.05) is 4.57 Å². The summed E-state index contributed by atoms with van der Waals surface area (Å²) in [7, 11) is 1.74. The summed E-state index contributed by atoms with van der Waals surface area (Å²) in [6.07, 6.45) is 0. The van der Waals surface area contributed by atoms with Crippen LogP contribution in [0.5, 0.6) is 0 Å². The molecule has 0 spiro atoms. The molecule has 0 amide bonds. The molecule has 0 fully saturated rings. The van der Waals surface area contributed by atoms with Gasteiger partial charge in [0.05, 0.1) is 17.6 Å². The molecule has 0 saturated heterocycles. The van der Waals surface area contributed by atoms with Gasteiger partial charge in [-0.25, -0.2) is 9.37 Å². The van der Waals surface area contributed by atoms with E-state index < -0.39 is 0 Å². The topological polar surface area (TPSA) is 50.1 Å². The van der Waals surface area contributed by atoms with Crippen molar-refractivity contribution in [2.75, 3.05) is 19.0 Å². The van der Waals surface area contributed by atoms with E-state index in [0.717, 1.165) is 5.52 Å². The zero-order chi connectivity index (χ0) is 10.8. The lowest BCUT2D eigenvalue weighted by Crippen LogP contribution is -2.06. The van der Waals surface area contributed by atoms with E-state index in [2.05, 4.69) is 10.3 Å². The van der Waals surface area contributed by atoms with Crippen molar-refractivity contribution in [3.05, 3.63) is 24.0 Å². The van der Waals surface area contributed by atoms with Crippen LogP contribution in [0.3, 0.4) is 0 Å². The second kappa shape index (κ2) is 3.86. The lowest BCUT2D eigenvalue weighted by Gasteiger charge is -2.05. The molecular formula is C10H12FN3O. The monoisotopic (exact) mass is 209 g/mol. The van der Waals surface area contributed by atoms with Crippen molar-refractivity contribution in [3.8, 4) is 0 Å². The number of nitrogens with zero attached hydrogens (tertiary/aromatic N) is 2. The zero-order valence-electron chi connectivity index (χ0n) is 8.37. The Hall–Kier alpha value is -1.62. The molecule has 2 aromatic rings. The number of anilines is 1. The predicted octanol–water partition coefficient (Wildman–Crippen LogP) is 1.21. The summed E-state index contributed by atoms with van der Waals surface area (Å²) in [5, 5.41) is 11.8. The van der Waals surface area contributed by atoms with Crippen LogP contribution in [0, 0.1) is 5.82 Å². The number of fused-ring (bicyclic) bond motifs is 1. The van der Waals surface area contributed by atoms with Crippen LogP contribution in [-0.2, 0) is 6.54 Å². The highest BCUT2D eigenvalue weighted by Gasteiger charge is 2.09. The number of rotatable bonds is 3. The molecule has 1 heterocycles. The lowest BCUT2D eigenvalue weighted by molar-refractivity contribution is 0.278. The van der Waals surface area contributed by atoms with E-state index in [1.54, 1.807) is 13.1 Å². The molecule has 0 aliphatic rings. The van der Waals surface area contributed by atoms with E-state index >= 15 is 0 Å². The summed E-state index contributed by atoms with van der Waals surface area (Å²) in [5.74, 6) is 0.323. The molecule has 0 bridgehead atoms. The van der Waals surface area contributed by atoms with Crippen LogP contribution in [0.15, 0.2) is 18.2 Å². The first-order valence-corrected chi connectivity index (χ1v) is 4.70. The maximum Gasteiger partial charge on any atom is 0.203 e. The fourth-order valence-electron chi connectivity index (χ4n) is 1.62. The Balaban J connectivity index is 2.63. The van der Waals surface area contributed by atoms with Gasteiger partial charge in [-0.2, -0.15) is 0 Å². The number of benzene rings is 1. The van der Waals surface area contributed by atoms with Gasteiger partial charge in [-0.05, 0) is 12.1 Å². The Morgan fingerprint density at radius 3 is 3.00 bits per heavy atom. The summed E-state index contributed by atoms with van der Waals surface area (Å²) in [6.45, 7) is 0.468. The molecule has 5 heteroatoms. The van der Waals surface area contributed by atoms with Crippen LogP contribution in [0.4, 0.5) is 10.3 Å². The van der Waals surface area contributed by atoms with Crippen molar-refractivity contribution in [1.29, 1.82) is 0 Å². The van der Waals surface area contributed by atoms with E-state index in [9.17, 15) is 4.39 Å². The molecule has 0 aliphatic heterocycles. The molecule has 0 radical (unpaired) electrons. The summed E-state index contributed by atoms with van der Waals surface area (Å²) >= 11 is 0. The minimum absolute atomic E-state index is 0.0253. The van der Waals surface area contributed by atoms with Crippen LogP contribution in [0.2, 0.25) is 0 Å². The SMILES string of the molecule is CNc1nc2cc(F)ccc2n1CCO. The summed E-state index contributed by atoms with van der Waals surface area (Å²) in [5.41, 5.74) is 1.41. The Labute approximate surface area is 86.4 Å². The maximum atomic E-state index is 12.9. The quantitative estimate of drug-likeness (QED) is 0.798. The summed E-state index contributed by atoms with van der Waals surface area (Å²) in [6, 6.07) is 4.43. The first-order chi connectivity index (χ1) is 7.26. The molecule has 0 aliphatic carbocycles. The third-order valence-electron chi connectivity index (χ3n) is 2.26. The van der Waals surface area contributed by atoms with Gasteiger partial charge in [-0.1, -0.05) is 0 Å². The number of aliphatic hydroxyl groups is 1. The molecule has 2 rings (SSSR count).